The van der Waals surface area contributed by atoms with Crippen LogP contribution in [0.1, 0.15) is 40.0 Å². The van der Waals surface area contributed by atoms with E-state index in [1.165, 1.54) is 24.9 Å². The summed E-state index contributed by atoms with van der Waals surface area (Å²) in [4.78, 5) is 11.2. The van der Waals surface area contributed by atoms with Crippen LogP contribution < -0.4 is 0 Å². The molecule has 0 aliphatic carbocycles. The number of carbonyl (C=O) groups excluding carboxylic acids is 1. The molecule has 13 heavy (non-hydrogen) atoms. The van der Waals surface area contributed by atoms with Crippen molar-refractivity contribution in [3.63, 3.8) is 0 Å². The van der Waals surface area contributed by atoms with Gasteiger partial charge >= 0.3 is 0 Å². The maximum atomic E-state index is 11.2. The van der Waals surface area contributed by atoms with Gasteiger partial charge in [-0.05, 0) is 30.4 Å². The van der Waals surface area contributed by atoms with Crippen LogP contribution in [0.4, 0.5) is 0 Å². The van der Waals surface area contributed by atoms with Crippen molar-refractivity contribution in [2.24, 2.45) is 11.8 Å². The monoisotopic (exact) mass is 200 g/mol. The van der Waals surface area contributed by atoms with Gasteiger partial charge in [-0.25, -0.2) is 0 Å². The summed E-state index contributed by atoms with van der Waals surface area (Å²) in [5.41, 5.74) is 0. The Morgan fingerprint density at radius 1 is 1.54 bits per heavy atom. The van der Waals surface area contributed by atoms with Gasteiger partial charge < -0.3 is 4.79 Å². The van der Waals surface area contributed by atoms with Gasteiger partial charge in [-0.1, -0.05) is 27.2 Å². The Kier molecular flexibility index (Phi) is 3.84. The normalized spacial score (nSPS) is 32.8. The van der Waals surface area contributed by atoms with E-state index < -0.39 is 0 Å². The lowest BCUT2D eigenvalue weighted by atomic mass is 9.80. The van der Waals surface area contributed by atoms with E-state index in [1.807, 2.05) is 11.8 Å². The van der Waals surface area contributed by atoms with Crippen LogP contribution in [0.5, 0.6) is 0 Å². The van der Waals surface area contributed by atoms with Crippen molar-refractivity contribution < 1.29 is 4.79 Å². The lowest BCUT2D eigenvalue weighted by Crippen LogP contribution is -2.35. The van der Waals surface area contributed by atoms with E-state index in [1.54, 1.807) is 0 Å². The average molecular weight is 200 g/mol. The van der Waals surface area contributed by atoms with Gasteiger partial charge in [-0.15, -0.1) is 11.8 Å². The maximum absolute atomic E-state index is 11.2. The quantitative estimate of drug-likeness (QED) is 0.649. The molecule has 0 spiro atoms. The van der Waals surface area contributed by atoms with Gasteiger partial charge in [0.25, 0.3) is 0 Å². The summed E-state index contributed by atoms with van der Waals surface area (Å²) in [7, 11) is 0. The number of hydrogen-bond acceptors (Lipinski definition) is 2. The van der Waals surface area contributed by atoms with Gasteiger partial charge in [0.1, 0.15) is 6.29 Å². The van der Waals surface area contributed by atoms with Crippen molar-refractivity contribution in [1.29, 1.82) is 0 Å². The number of aldehydes is 1. The first-order chi connectivity index (χ1) is 6.16. The Morgan fingerprint density at radius 3 is 2.62 bits per heavy atom. The third-order valence-corrected chi connectivity index (χ3v) is 5.25. The molecule has 0 aromatic heterocycles. The Morgan fingerprint density at radius 2 is 2.23 bits per heavy atom. The van der Waals surface area contributed by atoms with Crippen LogP contribution in [0.25, 0.3) is 0 Å². The average Bonchev–Trinajstić information content (AvgIpc) is 2.65. The van der Waals surface area contributed by atoms with Crippen molar-refractivity contribution in [2.75, 3.05) is 5.75 Å². The molecule has 0 aromatic rings. The molecule has 1 aliphatic heterocycles. The number of rotatable bonds is 4. The number of carbonyl (C=O) groups is 1. The summed E-state index contributed by atoms with van der Waals surface area (Å²) in [6.45, 7) is 6.70. The molecule has 0 amide bonds. The Labute approximate surface area is 85.7 Å². The summed E-state index contributed by atoms with van der Waals surface area (Å²) < 4.78 is -0.0462. The predicted octanol–water partition coefficient (Wildman–Crippen LogP) is 3.13. The molecule has 1 saturated heterocycles. The van der Waals surface area contributed by atoms with Crippen LogP contribution in [-0.4, -0.2) is 16.8 Å². The van der Waals surface area contributed by atoms with Gasteiger partial charge in [0.15, 0.2) is 0 Å². The lowest BCUT2D eigenvalue weighted by molar-refractivity contribution is -0.111. The summed E-state index contributed by atoms with van der Waals surface area (Å²) in [6, 6.07) is 0. The third kappa shape index (κ3) is 2.09. The molecule has 1 heterocycles. The van der Waals surface area contributed by atoms with Crippen LogP contribution in [0.15, 0.2) is 0 Å². The Bertz CT molecular complexity index is 173. The molecular weight excluding hydrogens is 180 g/mol. The fourth-order valence-electron chi connectivity index (χ4n) is 2.08. The highest BCUT2D eigenvalue weighted by molar-refractivity contribution is 8.01. The van der Waals surface area contributed by atoms with Crippen LogP contribution >= 0.6 is 11.8 Å². The van der Waals surface area contributed by atoms with E-state index in [2.05, 4.69) is 20.8 Å². The minimum absolute atomic E-state index is 0.0462. The first-order valence-corrected chi connectivity index (χ1v) is 6.25. The second kappa shape index (κ2) is 4.50. The van der Waals surface area contributed by atoms with Gasteiger partial charge in [0.2, 0.25) is 0 Å². The van der Waals surface area contributed by atoms with Crippen LogP contribution in [0, 0.1) is 11.8 Å². The molecule has 0 N–H and O–H groups in total. The second-order valence-corrected chi connectivity index (χ2v) is 5.66. The molecule has 2 heteroatoms. The summed E-state index contributed by atoms with van der Waals surface area (Å²) in [5.74, 6) is 2.36. The van der Waals surface area contributed by atoms with E-state index >= 15 is 0 Å². The highest BCUT2D eigenvalue weighted by Gasteiger charge is 2.41. The highest BCUT2D eigenvalue weighted by atomic mass is 32.2. The molecule has 3 unspecified atom stereocenters. The first kappa shape index (κ1) is 11.1. The van der Waals surface area contributed by atoms with E-state index in [4.69, 9.17) is 0 Å². The molecule has 1 fully saturated rings. The molecule has 0 radical (unpaired) electrons. The minimum Gasteiger partial charge on any atom is -0.302 e. The molecule has 0 aromatic carbocycles. The summed E-state index contributed by atoms with van der Waals surface area (Å²) in [6.07, 6.45) is 4.69. The van der Waals surface area contributed by atoms with Gasteiger partial charge in [-0.2, -0.15) is 0 Å². The molecule has 0 saturated carbocycles. The standard InChI is InChI=1S/C11H20OS/c1-4-9(2)10(3)11(8-12)6-5-7-13-11/h8-10H,4-7H2,1-3H3. The zero-order chi connectivity index (χ0) is 9.90. The zero-order valence-corrected chi connectivity index (χ0v) is 9.69. The molecule has 76 valence electrons. The van der Waals surface area contributed by atoms with Crippen molar-refractivity contribution in [3.8, 4) is 0 Å². The third-order valence-electron chi connectivity index (χ3n) is 3.55. The molecular formula is C11H20OS. The fraction of sp³-hybridized carbons (Fsp3) is 0.909. The summed E-state index contributed by atoms with van der Waals surface area (Å²) in [5, 5.41) is 0. The molecule has 1 aliphatic rings. The van der Waals surface area contributed by atoms with Crippen molar-refractivity contribution in [3.05, 3.63) is 0 Å². The minimum atomic E-state index is -0.0462. The van der Waals surface area contributed by atoms with Crippen LogP contribution in [0.2, 0.25) is 0 Å². The van der Waals surface area contributed by atoms with Crippen molar-refractivity contribution >= 4 is 18.0 Å². The second-order valence-electron chi connectivity index (χ2n) is 4.20. The van der Waals surface area contributed by atoms with Crippen molar-refractivity contribution in [2.45, 2.75) is 44.8 Å². The SMILES string of the molecule is CCC(C)C(C)C1(C=O)CCCS1. The molecule has 0 bridgehead atoms. The zero-order valence-electron chi connectivity index (χ0n) is 8.88. The molecule has 1 nitrogen and oxygen atoms in total. The van der Waals surface area contributed by atoms with Crippen molar-refractivity contribution in [1.82, 2.24) is 0 Å². The van der Waals surface area contributed by atoms with Crippen LogP contribution in [0.3, 0.4) is 0 Å². The highest BCUT2D eigenvalue weighted by Crippen LogP contribution is 2.45. The van der Waals surface area contributed by atoms with E-state index in [9.17, 15) is 4.79 Å². The molecule has 3 atom stereocenters. The van der Waals surface area contributed by atoms with Gasteiger partial charge in [-0.3, -0.25) is 0 Å². The Balaban J connectivity index is 2.69. The number of thioether (sulfide) groups is 1. The topological polar surface area (TPSA) is 17.1 Å². The lowest BCUT2D eigenvalue weighted by Gasteiger charge is -2.32. The van der Waals surface area contributed by atoms with E-state index in [-0.39, 0.29) is 4.75 Å². The predicted molar refractivity (Wildman–Crippen MR) is 59.1 cm³/mol. The van der Waals surface area contributed by atoms with Crippen LogP contribution in [-0.2, 0) is 4.79 Å². The van der Waals surface area contributed by atoms with Gasteiger partial charge in [0.05, 0.1) is 4.75 Å². The fourth-order valence-corrected chi connectivity index (χ4v) is 3.60. The smallest absolute Gasteiger partial charge is 0.136 e. The largest absolute Gasteiger partial charge is 0.302 e. The molecule has 1 rings (SSSR count). The Hall–Kier alpha value is 0.0200. The number of hydrogen-bond donors (Lipinski definition) is 0. The van der Waals surface area contributed by atoms with Gasteiger partial charge in [0, 0.05) is 0 Å². The first-order valence-electron chi connectivity index (χ1n) is 5.26. The van der Waals surface area contributed by atoms with E-state index in [0.29, 0.717) is 11.8 Å². The summed E-state index contributed by atoms with van der Waals surface area (Å²) >= 11 is 1.87. The van der Waals surface area contributed by atoms with E-state index in [0.717, 1.165) is 6.42 Å². The maximum Gasteiger partial charge on any atom is 0.136 e.